The van der Waals surface area contributed by atoms with E-state index in [4.69, 9.17) is 4.52 Å². The van der Waals surface area contributed by atoms with E-state index in [-0.39, 0.29) is 17.7 Å². The van der Waals surface area contributed by atoms with Crippen LogP contribution >= 0.6 is 0 Å². The van der Waals surface area contributed by atoms with Gasteiger partial charge in [0.05, 0.1) is 0 Å². The van der Waals surface area contributed by atoms with E-state index >= 15 is 0 Å². The molecule has 1 saturated heterocycles. The molecule has 0 bridgehead atoms. The summed E-state index contributed by atoms with van der Waals surface area (Å²) in [5, 5.41) is 6.57. The van der Waals surface area contributed by atoms with Gasteiger partial charge < -0.3 is 14.7 Å². The average molecular weight is 349 g/mol. The van der Waals surface area contributed by atoms with Gasteiger partial charge in [-0.3, -0.25) is 9.59 Å². The maximum atomic E-state index is 12.3. The zero-order valence-electron chi connectivity index (χ0n) is 15.6. The van der Waals surface area contributed by atoms with Crippen LogP contribution in [0.5, 0.6) is 0 Å². The lowest BCUT2D eigenvalue weighted by atomic mass is 9.95. The Labute approximate surface area is 150 Å². The van der Waals surface area contributed by atoms with E-state index in [1.807, 2.05) is 4.90 Å². The fourth-order valence-corrected chi connectivity index (χ4v) is 3.26. The third kappa shape index (κ3) is 6.52. The lowest BCUT2D eigenvalue weighted by Crippen LogP contribution is -2.41. The second-order valence-corrected chi connectivity index (χ2v) is 6.98. The highest BCUT2D eigenvalue weighted by molar-refractivity contribution is 5.91. The van der Waals surface area contributed by atoms with Crippen LogP contribution in [0.15, 0.2) is 10.6 Å². The van der Waals surface area contributed by atoms with Crippen LogP contribution in [-0.2, 0) is 9.59 Å². The first kappa shape index (κ1) is 19.5. The topological polar surface area (TPSA) is 75.4 Å². The third-order valence-electron chi connectivity index (χ3n) is 4.84. The highest BCUT2D eigenvalue weighted by Gasteiger charge is 2.27. The molecule has 6 nitrogen and oxygen atoms in total. The van der Waals surface area contributed by atoms with Gasteiger partial charge in [0.25, 0.3) is 0 Å². The third-order valence-corrected chi connectivity index (χ3v) is 4.84. The fraction of sp³-hybridized carbons (Fsp3) is 0.737. The lowest BCUT2D eigenvalue weighted by molar-refractivity contribution is -0.134. The number of likely N-dealkylation sites (tertiary alicyclic amines) is 1. The van der Waals surface area contributed by atoms with E-state index in [1.165, 1.54) is 25.7 Å². The smallest absolute Gasteiger partial charge is 0.228 e. The predicted molar refractivity (Wildman–Crippen MR) is 97.2 cm³/mol. The van der Waals surface area contributed by atoms with Gasteiger partial charge in [0.1, 0.15) is 5.76 Å². The number of hydrogen-bond acceptors (Lipinski definition) is 4. The van der Waals surface area contributed by atoms with Gasteiger partial charge in [-0.15, -0.1) is 0 Å². The number of aryl methyl sites for hydroxylation is 1. The maximum absolute atomic E-state index is 12.3. The number of aromatic nitrogens is 1. The molecule has 2 amide bonds. The first-order valence-electron chi connectivity index (χ1n) is 9.62. The quantitative estimate of drug-likeness (QED) is 0.686. The molecule has 1 fully saturated rings. The summed E-state index contributed by atoms with van der Waals surface area (Å²) in [4.78, 5) is 26.4. The van der Waals surface area contributed by atoms with Crippen LogP contribution in [-0.4, -0.2) is 35.0 Å². The number of carbonyl (C=O) groups excluding carboxylic acids is 2. The first-order valence-corrected chi connectivity index (χ1v) is 9.62. The molecule has 1 aromatic heterocycles. The van der Waals surface area contributed by atoms with Crippen molar-refractivity contribution in [2.75, 3.05) is 18.4 Å². The number of anilines is 1. The Kier molecular flexibility index (Phi) is 7.95. The molecule has 2 rings (SSSR count). The van der Waals surface area contributed by atoms with Crippen LogP contribution in [0, 0.1) is 12.8 Å². The van der Waals surface area contributed by atoms with Crippen LogP contribution in [0.1, 0.15) is 70.5 Å². The van der Waals surface area contributed by atoms with Crippen molar-refractivity contribution in [1.82, 2.24) is 10.1 Å². The summed E-state index contributed by atoms with van der Waals surface area (Å²) >= 11 is 0. The van der Waals surface area contributed by atoms with Crippen LogP contribution in [0.3, 0.4) is 0 Å². The van der Waals surface area contributed by atoms with Crippen molar-refractivity contribution < 1.29 is 14.1 Å². The van der Waals surface area contributed by atoms with Gasteiger partial charge in [-0.25, -0.2) is 0 Å². The Hall–Kier alpha value is -1.85. The van der Waals surface area contributed by atoms with Crippen molar-refractivity contribution in [2.45, 2.75) is 71.6 Å². The van der Waals surface area contributed by atoms with Crippen LogP contribution in [0.25, 0.3) is 0 Å². The monoisotopic (exact) mass is 349 g/mol. The van der Waals surface area contributed by atoms with Gasteiger partial charge in [-0.05, 0) is 26.2 Å². The summed E-state index contributed by atoms with van der Waals surface area (Å²) in [6.45, 7) is 5.34. The fourth-order valence-electron chi connectivity index (χ4n) is 3.26. The Balaban J connectivity index is 1.63. The Morgan fingerprint density at radius 2 is 1.88 bits per heavy atom. The largest absolute Gasteiger partial charge is 0.360 e. The SMILES string of the molecule is CCCCCCCCC(=O)N1CCC(C(=O)Nc2cc(C)on2)CC1. The molecule has 0 aromatic carbocycles. The molecular weight excluding hydrogens is 318 g/mol. The normalized spacial score (nSPS) is 15.4. The molecular formula is C19H31N3O3. The van der Waals surface area contributed by atoms with Crippen molar-refractivity contribution in [3.05, 3.63) is 11.8 Å². The van der Waals surface area contributed by atoms with E-state index in [2.05, 4.69) is 17.4 Å². The Morgan fingerprint density at radius 1 is 1.20 bits per heavy atom. The zero-order chi connectivity index (χ0) is 18.1. The summed E-state index contributed by atoms with van der Waals surface area (Å²) in [5.74, 6) is 1.28. The van der Waals surface area contributed by atoms with Crippen LogP contribution in [0.4, 0.5) is 5.82 Å². The molecule has 0 atom stereocenters. The molecule has 0 radical (unpaired) electrons. The number of piperidine rings is 1. The van der Waals surface area contributed by atoms with Crippen LogP contribution < -0.4 is 5.32 Å². The van der Waals surface area contributed by atoms with Crippen molar-refractivity contribution in [2.24, 2.45) is 5.92 Å². The second-order valence-electron chi connectivity index (χ2n) is 6.98. The summed E-state index contributed by atoms with van der Waals surface area (Å²) in [7, 11) is 0. The molecule has 1 N–H and O–H groups in total. The molecule has 2 heterocycles. The summed E-state index contributed by atoms with van der Waals surface area (Å²) < 4.78 is 4.95. The summed E-state index contributed by atoms with van der Waals surface area (Å²) in [6.07, 6.45) is 9.23. The number of amides is 2. The molecule has 0 aliphatic carbocycles. The van der Waals surface area contributed by atoms with Crippen molar-refractivity contribution in [1.29, 1.82) is 0 Å². The molecule has 1 aliphatic heterocycles. The first-order chi connectivity index (χ1) is 12.1. The molecule has 6 heteroatoms. The summed E-state index contributed by atoms with van der Waals surface area (Å²) in [5.41, 5.74) is 0. The molecule has 0 spiro atoms. The number of nitrogens with one attached hydrogen (secondary N) is 1. The van der Waals surface area contributed by atoms with Crippen molar-refractivity contribution in [3.8, 4) is 0 Å². The lowest BCUT2D eigenvalue weighted by Gasteiger charge is -2.31. The number of carbonyl (C=O) groups is 2. The minimum absolute atomic E-state index is 0.0312. The molecule has 1 aromatic rings. The number of hydrogen-bond donors (Lipinski definition) is 1. The van der Waals surface area contributed by atoms with Gasteiger partial charge in [0, 0.05) is 31.5 Å². The molecule has 25 heavy (non-hydrogen) atoms. The van der Waals surface area contributed by atoms with Crippen molar-refractivity contribution >= 4 is 17.6 Å². The Morgan fingerprint density at radius 3 is 2.52 bits per heavy atom. The van der Waals surface area contributed by atoms with Gasteiger partial charge in [0.2, 0.25) is 11.8 Å². The van der Waals surface area contributed by atoms with Crippen molar-refractivity contribution in [3.63, 3.8) is 0 Å². The van der Waals surface area contributed by atoms with E-state index in [9.17, 15) is 9.59 Å². The van der Waals surface area contributed by atoms with Gasteiger partial charge in [-0.1, -0.05) is 44.2 Å². The maximum Gasteiger partial charge on any atom is 0.228 e. The highest BCUT2D eigenvalue weighted by atomic mass is 16.5. The molecule has 1 aliphatic rings. The van der Waals surface area contributed by atoms with Gasteiger partial charge in [0.15, 0.2) is 5.82 Å². The van der Waals surface area contributed by atoms with E-state index < -0.39 is 0 Å². The van der Waals surface area contributed by atoms with E-state index in [1.54, 1.807) is 13.0 Å². The Bertz CT molecular complexity index is 548. The van der Waals surface area contributed by atoms with Gasteiger partial charge in [-0.2, -0.15) is 0 Å². The number of rotatable bonds is 9. The number of unbranched alkanes of at least 4 members (excludes halogenated alkanes) is 5. The molecule has 140 valence electrons. The van der Waals surface area contributed by atoms with Crippen LogP contribution in [0.2, 0.25) is 0 Å². The minimum atomic E-state index is -0.0601. The number of nitrogens with zero attached hydrogens (tertiary/aromatic N) is 2. The predicted octanol–water partition coefficient (Wildman–Crippen LogP) is 3.91. The second kappa shape index (κ2) is 10.2. The van der Waals surface area contributed by atoms with E-state index in [0.717, 1.165) is 12.8 Å². The minimum Gasteiger partial charge on any atom is -0.360 e. The highest BCUT2D eigenvalue weighted by Crippen LogP contribution is 2.20. The summed E-state index contributed by atoms with van der Waals surface area (Å²) in [6, 6.07) is 1.71. The molecule has 0 unspecified atom stereocenters. The molecule has 0 saturated carbocycles. The van der Waals surface area contributed by atoms with Gasteiger partial charge >= 0.3 is 0 Å². The average Bonchev–Trinajstić information content (AvgIpc) is 3.02. The zero-order valence-corrected chi connectivity index (χ0v) is 15.6. The standard InChI is InChI=1S/C19H31N3O3/c1-3-4-5-6-7-8-9-18(23)22-12-10-16(11-13-22)19(24)20-17-14-15(2)25-21-17/h14,16H,3-13H2,1-2H3,(H,20,21,24). The van der Waals surface area contributed by atoms with E-state index in [0.29, 0.717) is 43.9 Å².